The van der Waals surface area contributed by atoms with Crippen molar-refractivity contribution >= 4 is 23.1 Å². The van der Waals surface area contributed by atoms with E-state index in [4.69, 9.17) is 9.47 Å². The molecule has 2 aromatic heterocycles. The highest BCUT2D eigenvalue weighted by molar-refractivity contribution is 6.46. The molecule has 1 aliphatic rings. The lowest BCUT2D eigenvalue weighted by Gasteiger charge is -2.25. The molecule has 0 aliphatic carbocycles. The number of carbonyl (C=O) groups excluding carboxylic acids is 2. The molecule has 8 nitrogen and oxygen atoms in total. The minimum atomic E-state index is -0.759. The lowest BCUT2D eigenvalue weighted by atomic mass is 9.96. The molecular formula is C27H29N3O5. The van der Waals surface area contributed by atoms with Crippen molar-refractivity contribution in [3.8, 4) is 5.75 Å². The maximum absolute atomic E-state index is 13.2. The molecule has 1 atom stereocenters. The summed E-state index contributed by atoms with van der Waals surface area (Å²) in [7, 11) is 1.59. The molecule has 1 N–H and O–H groups in total. The summed E-state index contributed by atoms with van der Waals surface area (Å²) in [4.78, 5) is 32.4. The van der Waals surface area contributed by atoms with Gasteiger partial charge in [-0.2, -0.15) is 0 Å². The van der Waals surface area contributed by atoms with E-state index in [0.717, 1.165) is 5.56 Å². The lowest BCUT2D eigenvalue weighted by molar-refractivity contribution is -0.140. The van der Waals surface area contributed by atoms with Gasteiger partial charge in [-0.05, 0) is 49.6 Å². The van der Waals surface area contributed by atoms with Crippen LogP contribution in [-0.2, 0) is 14.3 Å². The Morgan fingerprint density at radius 1 is 1.20 bits per heavy atom. The van der Waals surface area contributed by atoms with E-state index in [1.807, 2.05) is 36.6 Å². The number of aryl methyl sites for hydroxylation is 2. The van der Waals surface area contributed by atoms with Gasteiger partial charge in [0.05, 0.1) is 17.3 Å². The quantitative estimate of drug-likeness (QED) is 0.165. The van der Waals surface area contributed by atoms with Crippen molar-refractivity contribution < 1.29 is 24.2 Å². The van der Waals surface area contributed by atoms with E-state index in [-0.39, 0.29) is 17.0 Å². The van der Waals surface area contributed by atoms with Crippen LogP contribution >= 0.6 is 0 Å². The second-order valence-electron chi connectivity index (χ2n) is 8.44. The van der Waals surface area contributed by atoms with Gasteiger partial charge in [0.2, 0.25) is 0 Å². The Bertz CT molecular complexity index is 1310. The number of nitrogens with zero attached hydrogens (tertiary/aromatic N) is 3. The number of amides is 1. The number of aromatic nitrogens is 2. The highest BCUT2D eigenvalue weighted by Crippen LogP contribution is 2.40. The third-order valence-electron chi connectivity index (χ3n) is 6.16. The van der Waals surface area contributed by atoms with E-state index in [9.17, 15) is 14.7 Å². The molecule has 1 unspecified atom stereocenters. The first-order valence-electron chi connectivity index (χ1n) is 11.4. The zero-order valence-electron chi connectivity index (χ0n) is 20.2. The monoisotopic (exact) mass is 475 g/mol. The summed E-state index contributed by atoms with van der Waals surface area (Å²) < 4.78 is 12.6. The maximum Gasteiger partial charge on any atom is 0.295 e. The molecule has 8 heteroatoms. The summed E-state index contributed by atoms with van der Waals surface area (Å²) in [6.07, 6.45) is 4.05. The molecule has 1 fully saturated rings. The second-order valence-corrected chi connectivity index (χ2v) is 8.44. The normalized spacial score (nSPS) is 17.3. The Balaban J connectivity index is 1.84. The van der Waals surface area contributed by atoms with Crippen LogP contribution in [-0.4, -0.2) is 57.9 Å². The maximum atomic E-state index is 13.2. The molecule has 0 spiro atoms. The van der Waals surface area contributed by atoms with Crippen LogP contribution in [0.25, 0.3) is 11.4 Å². The molecule has 3 heterocycles. The summed E-state index contributed by atoms with van der Waals surface area (Å²) in [5, 5.41) is 11.4. The topological polar surface area (TPSA) is 93.4 Å². The first-order chi connectivity index (χ1) is 16.9. The number of hydrogen-bond acceptors (Lipinski definition) is 6. The molecule has 0 bridgehead atoms. The summed E-state index contributed by atoms with van der Waals surface area (Å²) in [5.41, 5.74) is 3.29. The van der Waals surface area contributed by atoms with Crippen molar-refractivity contribution in [2.45, 2.75) is 26.3 Å². The largest absolute Gasteiger partial charge is 0.505 e. The van der Waals surface area contributed by atoms with Crippen molar-refractivity contribution in [3.63, 3.8) is 0 Å². The molecule has 1 aromatic carbocycles. The number of ether oxygens (including phenoxy) is 2. The van der Waals surface area contributed by atoms with E-state index in [0.29, 0.717) is 48.8 Å². The molecule has 182 valence electrons. The van der Waals surface area contributed by atoms with Gasteiger partial charge in [0.15, 0.2) is 5.76 Å². The zero-order chi connectivity index (χ0) is 25.1. The molecule has 3 aromatic rings. The number of carbonyl (C=O) groups is 2. The number of pyridine rings is 1. The van der Waals surface area contributed by atoms with Gasteiger partial charge in [0, 0.05) is 26.5 Å². The number of Topliss-reactive ketones (excluding diaryl/α,β-unsaturated/α-hetero) is 1. The van der Waals surface area contributed by atoms with Crippen molar-refractivity contribution in [2.75, 3.05) is 26.9 Å². The summed E-state index contributed by atoms with van der Waals surface area (Å²) in [6.45, 7) is 8.50. The third-order valence-corrected chi connectivity index (χ3v) is 6.16. The van der Waals surface area contributed by atoms with E-state index >= 15 is 0 Å². The number of aliphatic hydroxyl groups excluding tert-OH is 1. The number of fused-ring (bicyclic) bond motifs is 1. The van der Waals surface area contributed by atoms with Gasteiger partial charge in [-0.1, -0.05) is 30.9 Å². The number of aliphatic hydroxyl groups is 1. The van der Waals surface area contributed by atoms with E-state index < -0.39 is 17.7 Å². The van der Waals surface area contributed by atoms with E-state index in [2.05, 4.69) is 11.6 Å². The number of imidazole rings is 1. The number of methoxy groups -OCH3 is 1. The molecule has 1 amide bonds. The van der Waals surface area contributed by atoms with Crippen LogP contribution in [0.1, 0.15) is 35.0 Å². The van der Waals surface area contributed by atoms with Gasteiger partial charge in [0.25, 0.3) is 11.7 Å². The summed E-state index contributed by atoms with van der Waals surface area (Å²) in [5.74, 6) is -1.03. The molecule has 0 saturated carbocycles. The third kappa shape index (κ3) is 4.44. The second kappa shape index (κ2) is 10.1. The fraction of sp³-hybridized carbons (Fsp3) is 0.296. The van der Waals surface area contributed by atoms with E-state index in [1.54, 1.807) is 37.5 Å². The average Bonchev–Trinajstić information content (AvgIpc) is 3.33. The summed E-state index contributed by atoms with van der Waals surface area (Å²) in [6, 6.07) is 10.2. The van der Waals surface area contributed by atoms with Crippen LogP contribution in [0.4, 0.5) is 0 Å². The molecule has 1 aliphatic heterocycles. The Morgan fingerprint density at radius 3 is 2.60 bits per heavy atom. The first kappa shape index (κ1) is 24.2. The van der Waals surface area contributed by atoms with Crippen LogP contribution in [0.5, 0.6) is 5.75 Å². The van der Waals surface area contributed by atoms with Crippen LogP contribution in [0.2, 0.25) is 0 Å². The predicted molar refractivity (Wildman–Crippen MR) is 132 cm³/mol. The summed E-state index contributed by atoms with van der Waals surface area (Å²) >= 11 is 0. The molecule has 4 rings (SSSR count). The first-order valence-corrected chi connectivity index (χ1v) is 11.4. The predicted octanol–water partition coefficient (Wildman–Crippen LogP) is 3.97. The van der Waals surface area contributed by atoms with Crippen LogP contribution in [0, 0.1) is 13.8 Å². The fourth-order valence-corrected chi connectivity index (χ4v) is 4.41. The van der Waals surface area contributed by atoms with Crippen LogP contribution in [0.15, 0.2) is 60.8 Å². The van der Waals surface area contributed by atoms with Crippen molar-refractivity contribution in [1.82, 2.24) is 14.3 Å². The van der Waals surface area contributed by atoms with Gasteiger partial charge in [-0.3, -0.25) is 9.59 Å². The number of ketones is 1. The fourth-order valence-electron chi connectivity index (χ4n) is 4.41. The minimum Gasteiger partial charge on any atom is -0.505 e. The van der Waals surface area contributed by atoms with Gasteiger partial charge in [0.1, 0.15) is 23.7 Å². The van der Waals surface area contributed by atoms with Crippen LogP contribution < -0.4 is 4.74 Å². The molecular weight excluding hydrogens is 446 g/mol. The molecule has 1 saturated heterocycles. The minimum absolute atomic E-state index is 0.0244. The highest BCUT2D eigenvalue weighted by Gasteiger charge is 2.46. The molecule has 0 radical (unpaired) electrons. The SMILES string of the molecule is C=CCOc1ccc(C2C(=C(O)c3nc4c(C)cccn4c3C)C(=O)C(=O)N2CCCOC)cc1. The Hall–Kier alpha value is -3.91. The standard InChI is InChI=1S/C27H29N3O5/c1-5-15-35-20-11-9-19(10-12-20)23-21(25(32)27(33)30(23)14-7-16-34-4)24(31)22-18(3)29-13-6-8-17(2)26(29)28-22/h5-6,8-13,23,31H,1,7,14-16H2,2-4H3. The molecule has 35 heavy (non-hydrogen) atoms. The lowest BCUT2D eigenvalue weighted by Crippen LogP contribution is -2.31. The number of hydrogen-bond donors (Lipinski definition) is 1. The van der Waals surface area contributed by atoms with Crippen molar-refractivity contribution in [1.29, 1.82) is 0 Å². The number of rotatable bonds is 9. The van der Waals surface area contributed by atoms with Gasteiger partial charge >= 0.3 is 0 Å². The van der Waals surface area contributed by atoms with Gasteiger partial charge in [-0.25, -0.2) is 4.98 Å². The highest BCUT2D eigenvalue weighted by atomic mass is 16.5. The van der Waals surface area contributed by atoms with Crippen LogP contribution in [0.3, 0.4) is 0 Å². The van der Waals surface area contributed by atoms with Crippen molar-refractivity contribution in [3.05, 3.63) is 83.3 Å². The van der Waals surface area contributed by atoms with Crippen molar-refractivity contribution in [2.24, 2.45) is 0 Å². The number of likely N-dealkylation sites (tertiary alicyclic amines) is 1. The van der Waals surface area contributed by atoms with E-state index in [1.165, 1.54) is 4.90 Å². The Morgan fingerprint density at radius 2 is 1.94 bits per heavy atom. The Labute approximate surface area is 204 Å². The smallest absolute Gasteiger partial charge is 0.295 e. The average molecular weight is 476 g/mol. The van der Waals surface area contributed by atoms with Gasteiger partial charge in [-0.15, -0.1) is 0 Å². The zero-order valence-corrected chi connectivity index (χ0v) is 20.2. The number of benzene rings is 1. The Kier molecular flexibility index (Phi) is 7.02. The van der Waals surface area contributed by atoms with Gasteiger partial charge < -0.3 is 23.9 Å².